The van der Waals surface area contributed by atoms with E-state index in [1.807, 2.05) is 0 Å². The summed E-state index contributed by atoms with van der Waals surface area (Å²) in [5, 5.41) is 12.9. The number of carboxylic acids is 1. The molecule has 3 aliphatic rings. The molecule has 0 saturated heterocycles. The molecule has 0 spiro atoms. The Labute approximate surface area is 216 Å². The molecular formula is C25H38N2O9P+. The van der Waals surface area contributed by atoms with Gasteiger partial charge in [-0.05, 0) is 32.1 Å². The number of carbonyl (C=O) groups is 2. The van der Waals surface area contributed by atoms with Crippen LogP contribution in [-0.2, 0) is 23.4 Å². The van der Waals surface area contributed by atoms with E-state index in [0.29, 0.717) is 43.7 Å². The largest absolute Gasteiger partial charge is 0.481 e. The monoisotopic (exact) mass is 541 g/mol. The summed E-state index contributed by atoms with van der Waals surface area (Å²) in [7, 11) is -3.67. The first-order chi connectivity index (χ1) is 17.7. The Bertz CT molecular complexity index is 1030. The summed E-state index contributed by atoms with van der Waals surface area (Å²) in [5.74, 6) is -1.51. The number of carbonyl (C=O) groups excluding carboxylic acids is 1. The van der Waals surface area contributed by atoms with Crippen molar-refractivity contribution in [2.75, 3.05) is 49.4 Å². The van der Waals surface area contributed by atoms with Crippen LogP contribution in [0, 0.1) is 11.3 Å². The molecular weight excluding hydrogens is 503 g/mol. The number of fused-ring (bicyclic) bond motifs is 1. The molecule has 206 valence electrons. The number of aliphatic carboxylic acids is 1. The molecule has 1 heterocycles. The molecule has 2 fully saturated rings. The van der Waals surface area contributed by atoms with Crippen molar-refractivity contribution in [1.29, 1.82) is 0 Å². The van der Waals surface area contributed by atoms with Gasteiger partial charge >= 0.3 is 19.9 Å². The van der Waals surface area contributed by atoms with Crippen molar-refractivity contribution in [2.45, 2.75) is 70.6 Å². The lowest BCUT2D eigenvalue weighted by Crippen LogP contribution is -2.42. The first kappa shape index (κ1) is 28.0. The van der Waals surface area contributed by atoms with Crippen molar-refractivity contribution in [1.82, 2.24) is 0 Å². The molecule has 0 aromatic heterocycles. The number of ether oxygens (including phenoxy) is 1. The molecule has 4 rings (SSSR count). The number of nitrogens with zero attached hydrogens (tertiary/aromatic N) is 1. The highest BCUT2D eigenvalue weighted by molar-refractivity contribution is 7.60. The van der Waals surface area contributed by atoms with Crippen molar-refractivity contribution in [2.24, 2.45) is 11.3 Å². The molecule has 0 bridgehead atoms. The van der Waals surface area contributed by atoms with E-state index < -0.39 is 37.0 Å². The zero-order valence-electron chi connectivity index (χ0n) is 21.2. The Kier molecular flexibility index (Phi) is 9.21. The number of hydrogen-bond donors (Lipinski definition) is 3. The fraction of sp³-hybridized carbons (Fsp3) is 0.760. The van der Waals surface area contributed by atoms with Gasteiger partial charge in [-0.2, -0.15) is 9.42 Å². The Hall–Kier alpha value is -2.07. The molecule has 1 aromatic carbocycles. The molecule has 1 aliphatic heterocycles. The number of rotatable bonds is 11. The van der Waals surface area contributed by atoms with Gasteiger partial charge in [-0.1, -0.05) is 38.5 Å². The first-order valence-corrected chi connectivity index (χ1v) is 15.1. The van der Waals surface area contributed by atoms with E-state index in [-0.39, 0.29) is 31.2 Å². The molecule has 1 unspecified atom stereocenters. The minimum absolute atomic E-state index is 0.0398. The van der Waals surface area contributed by atoms with E-state index in [4.69, 9.17) is 13.8 Å². The smallest absolute Gasteiger partial charge is 0.414 e. The van der Waals surface area contributed by atoms with Crippen molar-refractivity contribution < 1.29 is 33.4 Å². The lowest BCUT2D eigenvalue weighted by molar-refractivity contribution is -0.157. The van der Waals surface area contributed by atoms with E-state index in [2.05, 4.69) is 5.32 Å². The molecule has 0 radical (unpaired) electrons. The van der Waals surface area contributed by atoms with E-state index in [0.717, 1.165) is 51.4 Å². The molecule has 0 amide bonds. The van der Waals surface area contributed by atoms with Crippen LogP contribution in [0.15, 0.2) is 9.59 Å². The van der Waals surface area contributed by atoms with Crippen LogP contribution in [0.25, 0.3) is 0 Å². The maximum atomic E-state index is 12.4. The summed E-state index contributed by atoms with van der Waals surface area (Å²) in [6, 6.07) is 0. The molecule has 1 atom stereocenters. The highest BCUT2D eigenvalue weighted by atomic mass is 31.2. The van der Waals surface area contributed by atoms with E-state index >= 15 is 0 Å². The molecule has 37 heavy (non-hydrogen) atoms. The highest BCUT2D eigenvalue weighted by Crippen LogP contribution is 2.58. The Morgan fingerprint density at radius 3 is 2.41 bits per heavy atom. The van der Waals surface area contributed by atoms with Crippen molar-refractivity contribution in [3.8, 4) is 0 Å². The minimum Gasteiger partial charge on any atom is -0.481 e. The van der Waals surface area contributed by atoms with Crippen molar-refractivity contribution in [3.63, 3.8) is 0 Å². The third kappa shape index (κ3) is 6.50. The lowest BCUT2D eigenvalue weighted by atomic mass is 9.75. The fourth-order valence-electron chi connectivity index (χ4n) is 5.57. The number of hydrogen-bond acceptors (Lipinski definition) is 10. The van der Waals surface area contributed by atoms with Gasteiger partial charge in [-0.15, -0.1) is 4.52 Å². The van der Waals surface area contributed by atoms with Gasteiger partial charge in [-0.3, -0.25) is 19.2 Å². The molecule has 2 saturated carbocycles. The lowest BCUT2D eigenvalue weighted by Gasteiger charge is -2.33. The third-order valence-electron chi connectivity index (χ3n) is 7.96. The van der Waals surface area contributed by atoms with Gasteiger partial charge in [0.25, 0.3) is 10.9 Å². The minimum atomic E-state index is -3.67. The van der Waals surface area contributed by atoms with E-state index in [1.54, 1.807) is 4.90 Å². The predicted octanol–water partition coefficient (Wildman–Crippen LogP) is 2.81. The summed E-state index contributed by atoms with van der Waals surface area (Å²) >= 11 is 0. The summed E-state index contributed by atoms with van der Waals surface area (Å²) in [6.45, 7) is 0.517. The van der Waals surface area contributed by atoms with Crippen LogP contribution >= 0.6 is 7.94 Å². The summed E-state index contributed by atoms with van der Waals surface area (Å²) in [5.41, 5.74) is -1.63. The predicted molar refractivity (Wildman–Crippen MR) is 138 cm³/mol. The van der Waals surface area contributed by atoms with Crippen molar-refractivity contribution >= 4 is 31.3 Å². The second-order valence-corrected chi connectivity index (χ2v) is 12.7. The second-order valence-electron chi connectivity index (χ2n) is 10.5. The van der Waals surface area contributed by atoms with Gasteiger partial charge in [0, 0.05) is 13.1 Å². The average Bonchev–Trinajstić information content (AvgIpc) is 3.12. The summed E-state index contributed by atoms with van der Waals surface area (Å²) in [6.07, 6.45) is 8.61. The molecule has 3 N–H and O–H groups in total. The fourth-order valence-corrected chi connectivity index (χ4v) is 7.07. The third-order valence-corrected chi connectivity index (χ3v) is 9.77. The summed E-state index contributed by atoms with van der Waals surface area (Å²) in [4.78, 5) is 61.8. The highest BCUT2D eigenvalue weighted by Gasteiger charge is 2.49. The van der Waals surface area contributed by atoms with Gasteiger partial charge in [0.2, 0.25) is 6.79 Å². The first-order valence-electron chi connectivity index (χ1n) is 13.4. The topological polar surface area (TPSA) is 152 Å². The maximum absolute atomic E-state index is 12.4. The molecule has 11 nitrogen and oxygen atoms in total. The number of carboxylic acid groups (broad SMARTS) is 1. The van der Waals surface area contributed by atoms with Gasteiger partial charge in [0.1, 0.15) is 18.0 Å². The molecule has 2 aliphatic carbocycles. The standard InChI is InChI=1S/C25H37N2O9P/c28-21-19-20(22(21)29)27(13-7-12-26-19)14-15-37(33,35-16-25(24(31)32)10-5-2-6-11-25)36-17-34-23(30)18-8-3-1-4-9-18/h18,33H,1-17H2,(H-,26,29,31,32)/p+1. The van der Waals surface area contributed by atoms with Crippen LogP contribution in [0.5, 0.6) is 0 Å². The Balaban J connectivity index is 1.42. The number of nitrogens with one attached hydrogen (secondary N) is 1. The SMILES string of the molecule is O=C(OCO[P+](O)(CCN1CCCNc2c1c(=O)c2=O)OCC1(C(=O)O)CCCCC1)C1CCCCC1. The zero-order valence-corrected chi connectivity index (χ0v) is 22.1. The van der Waals surface area contributed by atoms with Gasteiger partial charge in [0.05, 0.1) is 17.9 Å². The quantitative estimate of drug-likeness (QED) is 0.164. The number of esters is 1. The van der Waals surface area contributed by atoms with Crippen molar-refractivity contribution in [3.05, 3.63) is 20.4 Å². The molecule has 12 heteroatoms. The van der Waals surface area contributed by atoms with Crippen LogP contribution in [-0.4, -0.2) is 61.1 Å². The van der Waals surface area contributed by atoms with Crippen LogP contribution in [0.1, 0.15) is 70.6 Å². The number of anilines is 2. The van der Waals surface area contributed by atoms with Gasteiger partial charge in [0.15, 0.2) is 6.16 Å². The van der Waals surface area contributed by atoms with Crippen LogP contribution < -0.4 is 21.1 Å². The van der Waals surface area contributed by atoms with Crippen LogP contribution in [0.4, 0.5) is 11.4 Å². The second kappa shape index (κ2) is 12.2. The van der Waals surface area contributed by atoms with E-state index in [1.165, 1.54) is 0 Å². The molecule has 1 aromatic rings. The Morgan fingerprint density at radius 1 is 1.00 bits per heavy atom. The summed E-state index contributed by atoms with van der Waals surface area (Å²) < 4.78 is 16.8. The van der Waals surface area contributed by atoms with Crippen LogP contribution in [0.3, 0.4) is 0 Å². The zero-order chi connectivity index (χ0) is 26.5. The van der Waals surface area contributed by atoms with E-state index in [9.17, 15) is 29.2 Å². The normalized spacial score (nSPS) is 21.9. The Morgan fingerprint density at radius 2 is 1.70 bits per heavy atom. The van der Waals surface area contributed by atoms with Gasteiger partial charge < -0.3 is 20.1 Å². The average molecular weight is 542 g/mol. The maximum Gasteiger partial charge on any atom is 0.414 e. The van der Waals surface area contributed by atoms with Crippen LogP contribution in [0.2, 0.25) is 0 Å². The van der Waals surface area contributed by atoms with Gasteiger partial charge in [-0.25, -0.2) is 0 Å².